The first-order valence-electron chi connectivity index (χ1n) is 10.4. The number of benzene rings is 3. The lowest BCUT2D eigenvalue weighted by Crippen LogP contribution is -2.41. The van der Waals surface area contributed by atoms with Gasteiger partial charge in [-0.1, -0.05) is 48.0 Å². The summed E-state index contributed by atoms with van der Waals surface area (Å²) in [6.45, 7) is 0.269. The van der Waals surface area contributed by atoms with Crippen LogP contribution in [-0.4, -0.2) is 34.7 Å². The van der Waals surface area contributed by atoms with Crippen molar-refractivity contribution in [3.05, 3.63) is 88.4 Å². The zero-order valence-corrected chi connectivity index (χ0v) is 18.6. The molecule has 0 radical (unpaired) electrons. The van der Waals surface area contributed by atoms with Crippen LogP contribution in [0.1, 0.15) is 27.9 Å². The van der Waals surface area contributed by atoms with Gasteiger partial charge in [0.1, 0.15) is 17.5 Å². The number of nitrogens with two attached hydrogens (primary N) is 1. The van der Waals surface area contributed by atoms with Crippen molar-refractivity contribution in [2.24, 2.45) is 0 Å². The number of phenols is 1. The first-order valence-corrected chi connectivity index (χ1v) is 10.8. The average molecular weight is 469 g/mol. The standard InChI is InChI=1S/C25H25ClN2O5/c26-19-14-17(7-11-22(19)29)12-13-33-23-15-18(8-9-20(23)27)24(30)28-21(25(31)32)10-6-16-4-2-1-3-5-16/h1-5,7-9,11,14-15,21,29H,6,10,12-13,27H2,(H,28,30)(H,31,32)/t21-/m0/s1. The van der Waals surface area contributed by atoms with E-state index < -0.39 is 17.9 Å². The Morgan fingerprint density at radius 1 is 1.00 bits per heavy atom. The number of carboxylic acids is 1. The summed E-state index contributed by atoms with van der Waals surface area (Å²) in [7, 11) is 0. The monoisotopic (exact) mass is 468 g/mol. The lowest BCUT2D eigenvalue weighted by molar-refractivity contribution is -0.139. The van der Waals surface area contributed by atoms with Gasteiger partial charge >= 0.3 is 5.97 Å². The van der Waals surface area contributed by atoms with Gasteiger partial charge in [-0.2, -0.15) is 0 Å². The van der Waals surface area contributed by atoms with E-state index >= 15 is 0 Å². The number of phenolic OH excluding ortho intramolecular Hbond substituents is 1. The fourth-order valence-electron chi connectivity index (χ4n) is 3.24. The van der Waals surface area contributed by atoms with Gasteiger partial charge in [0.15, 0.2) is 0 Å². The molecular weight excluding hydrogens is 444 g/mol. The Kier molecular flexibility index (Phi) is 8.16. The van der Waals surface area contributed by atoms with E-state index in [9.17, 15) is 19.8 Å². The van der Waals surface area contributed by atoms with Crippen molar-refractivity contribution < 1.29 is 24.5 Å². The van der Waals surface area contributed by atoms with Crippen LogP contribution in [0.4, 0.5) is 5.69 Å². The maximum absolute atomic E-state index is 12.7. The molecule has 0 aliphatic carbocycles. The molecule has 0 unspecified atom stereocenters. The normalized spacial score (nSPS) is 11.5. The number of rotatable bonds is 10. The molecule has 1 atom stereocenters. The van der Waals surface area contributed by atoms with E-state index in [0.717, 1.165) is 11.1 Å². The second-order valence-electron chi connectivity index (χ2n) is 7.53. The fourth-order valence-corrected chi connectivity index (χ4v) is 3.44. The number of ether oxygens (including phenoxy) is 1. The van der Waals surface area contributed by atoms with Crippen molar-refractivity contribution in [1.82, 2.24) is 5.32 Å². The third kappa shape index (κ3) is 6.89. The largest absolute Gasteiger partial charge is 0.506 e. The minimum atomic E-state index is -1.10. The quantitative estimate of drug-likeness (QED) is 0.333. The number of halogens is 1. The SMILES string of the molecule is Nc1ccc(C(=O)N[C@@H](CCc2ccccc2)C(=O)O)cc1OCCc1ccc(O)c(Cl)c1. The summed E-state index contributed by atoms with van der Waals surface area (Å²) in [4.78, 5) is 24.3. The Morgan fingerprint density at radius 3 is 2.45 bits per heavy atom. The molecule has 0 aliphatic rings. The summed E-state index contributed by atoms with van der Waals surface area (Å²) < 4.78 is 5.73. The third-order valence-corrected chi connectivity index (χ3v) is 5.41. The predicted molar refractivity (Wildman–Crippen MR) is 127 cm³/mol. The van der Waals surface area contributed by atoms with E-state index in [0.29, 0.717) is 24.3 Å². The number of amides is 1. The predicted octanol–water partition coefficient (Wildman–Crippen LogP) is 4.07. The van der Waals surface area contributed by atoms with Crippen LogP contribution in [0.3, 0.4) is 0 Å². The van der Waals surface area contributed by atoms with Crippen LogP contribution in [0, 0.1) is 0 Å². The average Bonchev–Trinajstić information content (AvgIpc) is 2.80. The Labute approximate surface area is 196 Å². The van der Waals surface area contributed by atoms with Crippen molar-refractivity contribution in [2.75, 3.05) is 12.3 Å². The summed E-state index contributed by atoms with van der Waals surface area (Å²) in [5.74, 6) is -1.29. The fraction of sp³-hybridized carbons (Fsp3) is 0.200. The molecule has 3 rings (SSSR count). The van der Waals surface area contributed by atoms with E-state index in [1.807, 2.05) is 30.3 Å². The number of hydrogen-bond acceptors (Lipinski definition) is 5. The Bertz CT molecular complexity index is 1120. The molecule has 172 valence electrons. The molecule has 0 spiro atoms. The highest BCUT2D eigenvalue weighted by Crippen LogP contribution is 2.25. The van der Waals surface area contributed by atoms with Crippen LogP contribution in [0.5, 0.6) is 11.5 Å². The van der Waals surface area contributed by atoms with Gasteiger partial charge in [-0.3, -0.25) is 4.79 Å². The van der Waals surface area contributed by atoms with Gasteiger partial charge in [-0.15, -0.1) is 0 Å². The zero-order chi connectivity index (χ0) is 23.8. The highest BCUT2D eigenvalue weighted by molar-refractivity contribution is 6.32. The molecule has 1 amide bonds. The van der Waals surface area contributed by atoms with Gasteiger partial charge < -0.3 is 26.0 Å². The number of anilines is 1. The molecular formula is C25H25ClN2O5. The Balaban J connectivity index is 1.60. The molecule has 5 N–H and O–H groups in total. The van der Waals surface area contributed by atoms with Crippen LogP contribution in [-0.2, 0) is 17.6 Å². The minimum Gasteiger partial charge on any atom is -0.506 e. The lowest BCUT2D eigenvalue weighted by atomic mass is 10.0. The maximum atomic E-state index is 12.7. The Morgan fingerprint density at radius 2 is 1.76 bits per heavy atom. The van der Waals surface area contributed by atoms with Gasteiger partial charge in [0, 0.05) is 12.0 Å². The van der Waals surface area contributed by atoms with Crippen molar-refractivity contribution in [3.63, 3.8) is 0 Å². The number of aryl methyl sites for hydroxylation is 1. The molecule has 3 aromatic rings. The second kappa shape index (κ2) is 11.2. The van der Waals surface area contributed by atoms with Gasteiger partial charge in [-0.25, -0.2) is 4.79 Å². The summed E-state index contributed by atoms with van der Waals surface area (Å²) in [5, 5.41) is 21.8. The number of aromatic hydroxyl groups is 1. The van der Waals surface area contributed by atoms with E-state index in [4.69, 9.17) is 22.1 Å². The number of carbonyl (C=O) groups is 2. The Hall–Kier alpha value is -3.71. The van der Waals surface area contributed by atoms with E-state index in [1.54, 1.807) is 18.2 Å². The molecule has 0 bridgehead atoms. The third-order valence-electron chi connectivity index (χ3n) is 5.10. The maximum Gasteiger partial charge on any atom is 0.326 e. The zero-order valence-electron chi connectivity index (χ0n) is 17.8. The van der Waals surface area contributed by atoms with Crippen LogP contribution >= 0.6 is 11.6 Å². The van der Waals surface area contributed by atoms with Crippen molar-refractivity contribution in [1.29, 1.82) is 0 Å². The molecule has 0 fully saturated rings. The van der Waals surface area contributed by atoms with Crippen LogP contribution < -0.4 is 15.8 Å². The number of carboxylic acid groups (broad SMARTS) is 1. The van der Waals surface area contributed by atoms with Crippen molar-refractivity contribution >= 4 is 29.2 Å². The second-order valence-corrected chi connectivity index (χ2v) is 7.93. The van der Waals surface area contributed by atoms with Gasteiger partial charge in [0.05, 0.1) is 17.3 Å². The van der Waals surface area contributed by atoms with Crippen LogP contribution in [0.15, 0.2) is 66.7 Å². The molecule has 8 heteroatoms. The topological polar surface area (TPSA) is 122 Å². The summed E-state index contributed by atoms with van der Waals surface area (Å²) in [5.41, 5.74) is 8.44. The molecule has 3 aromatic carbocycles. The summed E-state index contributed by atoms with van der Waals surface area (Å²) in [6, 6.07) is 17.9. The number of nitrogen functional groups attached to an aromatic ring is 1. The van der Waals surface area contributed by atoms with E-state index in [1.165, 1.54) is 18.2 Å². The number of nitrogens with one attached hydrogen (secondary N) is 1. The first-order chi connectivity index (χ1) is 15.8. The highest BCUT2D eigenvalue weighted by atomic mass is 35.5. The number of aliphatic carboxylic acids is 1. The number of carbonyl (C=O) groups excluding carboxylic acids is 1. The van der Waals surface area contributed by atoms with Crippen molar-refractivity contribution in [2.45, 2.75) is 25.3 Å². The molecule has 0 heterocycles. The van der Waals surface area contributed by atoms with E-state index in [-0.39, 0.29) is 29.4 Å². The number of hydrogen-bond donors (Lipinski definition) is 4. The van der Waals surface area contributed by atoms with Crippen LogP contribution in [0.2, 0.25) is 5.02 Å². The van der Waals surface area contributed by atoms with Crippen molar-refractivity contribution in [3.8, 4) is 11.5 Å². The van der Waals surface area contributed by atoms with Gasteiger partial charge in [-0.05, 0) is 54.3 Å². The summed E-state index contributed by atoms with van der Waals surface area (Å²) in [6.07, 6.45) is 1.30. The molecule has 7 nitrogen and oxygen atoms in total. The molecule has 0 saturated carbocycles. The smallest absolute Gasteiger partial charge is 0.326 e. The van der Waals surface area contributed by atoms with Gasteiger partial charge in [0.25, 0.3) is 5.91 Å². The minimum absolute atomic E-state index is 0.00715. The molecule has 0 saturated heterocycles. The molecule has 0 aromatic heterocycles. The van der Waals surface area contributed by atoms with Crippen LogP contribution in [0.25, 0.3) is 0 Å². The van der Waals surface area contributed by atoms with E-state index in [2.05, 4.69) is 5.32 Å². The molecule has 0 aliphatic heterocycles. The lowest BCUT2D eigenvalue weighted by Gasteiger charge is -2.16. The highest BCUT2D eigenvalue weighted by Gasteiger charge is 2.21. The summed E-state index contributed by atoms with van der Waals surface area (Å²) >= 11 is 5.91. The first kappa shape index (κ1) is 23.9. The van der Waals surface area contributed by atoms with Gasteiger partial charge in [0.2, 0.25) is 0 Å². The molecule has 33 heavy (non-hydrogen) atoms.